The monoisotopic (exact) mass is 422 g/mol. The van der Waals surface area contributed by atoms with Gasteiger partial charge in [0.05, 0.1) is 12.0 Å². The number of aliphatic hydroxyl groups is 1. The molecule has 0 saturated heterocycles. The first kappa shape index (κ1) is 24.7. The van der Waals surface area contributed by atoms with Crippen LogP contribution in [-0.4, -0.2) is 49.3 Å². The van der Waals surface area contributed by atoms with Crippen LogP contribution in [0.2, 0.25) is 0 Å². The van der Waals surface area contributed by atoms with Crippen molar-refractivity contribution in [2.75, 3.05) is 20.5 Å². The van der Waals surface area contributed by atoms with E-state index in [4.69, 9.17) is 14.2 Å². The van der Waals surface area contributed by atoms with E-state index in [9.17, 15) is 27.9 Å². The van der Waals surface area contributed by atoms with Crippen LogP contribution in [0.15, 0.2) is 12.1 Å². The number of amides is 2. The van der Waals surface area contributed by atoms with Crippen LogP contribution in [0.1, 0.15) is 38.7 Å². The van der Waals surface area contributed by atoms with Gasteiger partial charge in [0.25, 0.3) is 0 Å². The number of rotatable bonds is 8. The highest BCUT2D eigenvalue weighted by molar-refractivity contribution is 5.86. The molecule has 0 saturated carbocycles. The lowest BCUT2D eigenvalue weighted by atomic mass is 9.90. The molecule has 0 fully saturated rings. The Morgan fingerprint density at radius 1 is 1.14 bits per heavy atom. The maximum absolute atomic E-state index is 13.7. The van der Waals surface area contributed by atoms with Gasteiger partial charge in [-0.2, -0.15) is 0 Å². The predicted octanol–water partition coefficient (Wildman–Crippen LogP) is 2.11. The number of carbonyl (C=O) groups excluding carboxylic acids is 2. The molecule has 0 spiro atoms. The quantitative estimate of drug-likeness (QED) is 0.337. The highest BCUT2D eigenvalue weighted by Crippen LogP contribution is 2.27. The number of hydrogen-bond donors (Lipinski definition) is 3. The lowest BCUT2D eigenvalue weighted by Gasteiger charge is -2.27. The molecule has 2 amide bonds. The van der Waals surface area contributed by atoms with Gasteiger partial charge in [-0.25, -0.2) is 23.4 Å². The molecule has 2 atom stereocenters. The van der Waals surface area contributed by atoms with Gasteiger partial charge in [-0.05, 0) is 44.9 Å². The van der Waals surface area contributed by atoms with Crippen molar-refractivity contribution in [3.63, 3.8) is 0 Å². The number of carbonyl (C=O) groups is 2. The summed E-state index contributed by atoms with van der Waals surface area (Å²) in [6.45, 7) is 4.11. The summed E-state index contributed by atoms with van der Waals surface area (Å²) < 4.78 is 55.8. The number of methoxy groups -OCH3 is 1. The van der Waals surface area contributed by atoms with E-state index in [1.165, 1.54) is 7.11 Å². The van der Waals surface area contributed by atoms with Crippen molar-refractivity contribution in [3.05, 3.63) is 35.1 Å². The van der Waals surface area contributed by atoms with E-state index in [0.29, 0.717) is 12.1 Å². The van der Waals surface area contributed by atoms with Crippen molar-refractivity contribution < 1.29 is 42.1 Å². The zero-order valence-corrected chi connectivity index (χ0v) is 16.6. The summed E-state index contributed by atoms with van der Waals surface area (Å²) in [5.41, 5.74) is 2.98. The van der Waals surface area contributed by atoms with Gasteiger partial charge in [0.15, 0.2) is 17.5 Å². The third kappa shape index (κ3) is 7.87. The Morgan fingerprint density at radius 2 is 1.72 bits per heavy atom. The summed E-state index contributed by atoms with van der Waals surface area (Å²) in [6, 6.07) is 1.27. The van der Waals surface area contributed by atoms with E-state index in [-0.39, 0.29) is 18.8 Å². The summed E-state index contributed by atoms with van der Waals surface area (Å²) >= 11 is 0. The van der Waals surface area contributed by atoms with Crippen molar-refractivity contribution in [3.8, 4) is 0 Å². The molecule has 0 radical (unpaired) electrons. The average molecular weight is 422 g/mol. The van der Waals surface area contributed by atoms with Crippen LogP contribution in [-0.2, 0) is 19.0 Å². The van der Waals surface area contributed by atoms with Gasteiger partial charge in [-0.15, -0.1) is 0 Å². The van der Waals surface area contributed by atoms with E-state index >= 15 is 0 Å². The van der Waals surface area contributed by atoms with Crippen LogP contribution in [0, 0.1) is 17.5 Å². The first-order valence-electron chi connectivity index (χ1n) is 8.64. The second kappa shape index (κ2) is 11.0. The van der Waals surface area contributed by atoms with E-state index in [2.05, 4.69) is 5.43 Å². The Balaban J connectivity index is 3.15. The summed E-state index contributed by atoms with van der Waals surface area (Å²) in [5, 5.41) is 9.26. The number of halogens is 3. The van der Waals surface area contributed by atoms with Gasteiger partial charge in [-0.1, -0.05) is 0 Å². The molecule has 0 aliphatic carbocycles. The Hall–Kier alpha value is -2.37. The molecular formula is C18H25F3N2O6. The minimum atomic E-state index is -1.70. The van der Waals surface area contributed by atoms with Gasteiger partial charge in [0, 0.05) is 13.7 Å². The molecule has 0 aromatic heterocycles. The normalized spacial score (nSPS) is 13.5. The van der Waals surface area contributed by atoms with Crippen LogP contribution in [0.25, 0.3) is 0 Å². The van der Waals surface area contributed by atoms with Gasteiger partial charge in [0.1, 0.15) is 12.4 Å². The third-order valence-corrected chi connectivity index (χ3v) is 3.52. The summed E-state index contributed by atoms with van der Waals surface area (Å²) in [5.74, 6) is -7.07. The summed E-state index contributed by atoms with van der Waals surface area (Å²) in [7, 11) is 1.31. The molecule has 1 aromatic carbocycles. The molecule has 0 heterocycles. The average Bonchev–Trinajstić information content (AvgIpc) is 2.61. The van der Waals surface area contributed by atoms with Crippen molar-refractivity contribution in [1.29, 1.82) is 0 Å². The Morgan fingerprint density at radius 3 is 2.21 bits per heavy atom. The highest BCUT2D eigenvalue weighted by Gasteiger charge is 2.33. The Kier molecular flexibility index (Phi) is 9.34. The van der Waals surface area contributed by atoms with Gasteiger partial charge in [0.2, 0.25) is 5.91 Å². The number of ether oxygens (including phenoxy) is 3. The molecule has 0 aliphatic rings. The maximum atomic E-state index is 13.7. The fourth-order valence-corrected chi connectivity index (χ4v) is 2.41. The molecule has 2 unspecified atom stereocenters. The van der Waals surface area contributed by atoms with Crippen LogP contribution in [0.5, 0.6) is 0 Å². The van der Waals surface area contributed by atoms with Gasteiger partial charge < -0.3 is 19.3 Å². The first-order chi connectivity index (χ1) is 13.5. The maximum Gasteiger partial charge on any atom is 0.426 e. The highest BCUT2D eigenvalue weighted by atomic mass is 19.2. The number of aliphatic hydroxyl groups excluding tert-OH is 1. The SMILES string of the molecule is COCOC(CCO)C(C(=O)NNC(=O)OC(C)(C)C)c1cc(F)c(F)c(F)c1. The second-order valence-electron chi connectivity index (χ2n) is 7.02. The molecule has 11 heteroatoms. The fraction of sp³-hybridized carbons (Fsp3) is 0.556. The smallest absolute Gasteiger partial charge is 0.426 e. The van der Waals surface area contributed by atoms with Crippen LogP contribution in [0.3, 0.4) is 0 Å². The van der Waals surface area contributed by atoms with E-state index in [0.717, 1.165) is 0 Å². The van der Waals surface area contributed by atoms with Crippen LogP contribution in [0.4, 0.5) is 18.0 Å². The summed E-state index contributed by atoms with van der Waals surface area (Å²) in [4.78, 5) is 24.4. The molecule has 1 rings (SSSR count). The molecular weight excluding hydrogens is 397 g/mol. The zero-order chi connectivity index (χ0) is 22.2. The fourth-order valence-electron chi connectivity index (χ4n) is 2.41. The third-order valence-electron chi connectivity index (χ3n) is 3.52. The standard InChI is InChI=1S/C18H25F3N2O6/c1-18(2,3)29-17(26)23-22-16(25)14(13(5-6-24)28-9-27-4)10-7-11(19)15(21)12(20)8-10/h7-8,13-14,24H,5-6,9H2,1-4H3,(H,22,25)(H,23,26). The van der Waals surface area contributed by atoms with E-state index in [1.807, 2.05) is 5.43 Å². The predicted molar refractivity (Wildman–Crippen MR) is 95.0 cm³/mol. The van der Waals surface area contributed by atoms with E-state index in [1.54, 1.807) is 20.8 Å². The topological polar surface area (TPSA) is 106 Å². The minimum Gasteiger partial charge on any atom is -0.443 e. The number of benzene rings is 1. The molecule has 0 aliphatic heterocycles. The lowest BCUT2D eigenvalue weighted by Crippen LogP contribution is -2.48. The van der Waals surface area contributed by atoms with Crippen LogP contribution >= 0.6 is 0 Å². The lowest BCUT2D eigenvalue weighted by molar-refractivity contribution is -0.133. The number of hydrogen-bond acceptors (Lipinski definition) is 6. The van der Waals surface area contributed by atoms with E-state index < -0.39 is 53.7 Å². The van der Waals surface area contributed by atoms with Crippen molar-refractivity contribution >= 4 is 12.0 Å². The van der Waals surface area contributed by atoms with Crippen LogP contribution < -0.4 is 10.9 Å². The van der Waals surface area contributed by atoms with Crippen molar-refractivity contribution in [2.45, 2.75) is 44.8 Å². The second-order valence-corrected chi connectivity index (χ2v) is 7.02. The molecule has 8 nitrogen and oxygen atoms in total. The zero-order valence-electron chi connectivity index (χ0n) is 16.6. The molecule has 29 heavy (non-hydrogen) atoms. The molecule has 0 bridgehead atoms. The molecule has 164 valence electrons. The first-order valence-corrected chi connectivity index (χ1v) is 8.64. The van der Waals surface area contributed by atoms with Crippen molar-refractivity contribution in [1.82, 2.24) is 10.9 Å². The Labute approximate surface area is 166 Å². The van der Waals surface area contributed by atoms with Gasteiger partial charge in [-0.3, -0.25) is 10.2 Å². The largest absolute Gasteiger partial charge is 0.443 e. The molecule has 1 aromatic rings. The van der Waals surface area contributed by atoms with Gasteiger partial charge >= 0.3 is 6.09 Å². The number of nitrogens with one attached hydrogen (secondary N) is 2. The minimum absolute atomic E-state index is 0.117. The number of hydrazine groups is 1. The van der Waals surface area contributed by atoms with Crippen molar-refractivity contribution in [2.24, 2.45) is 0 Å². The molecule has 3 N–H and O–H groups in total. The Bertz CT molecular complexity index is 688. The summed E-state index contributed by atoms with van der Waals surface area (Å²) in [6.07, 6.45) is -2.20.